The topological polar surface area (TPSA) is 3.24 Å². The summed E-state index contributed by atoms with van der Waals surface area (Å²) in [6.45, 7) is 0. The quantitative estimate of drug-likeness (QED) is 0.242. The van der Waals surface area contributed by atoms with Gasteiger partial charge in [-0.3, -0.25) is 0 Å². The molecule has 1 nitrogen and oxygen atoms in total. The predicted octanol–water partition coefficient (Wildman–Crippen LogP) is 9.23. The van der Waals surface area contributed by atoms with Gasteiger partial charge in [0.2, 0.25) is 0 Å². The third-order valence-corrected chi connectivity index (χ3v) is 6.61. The van der Waals surface area contributed by atoms with Crippen LogP contribution in [0.2, 0.25) is 0 Å². The first-order valence-corrected chi connectivity index (χ1v) is 11.5. The van der Waals surface area contributed by atoms with E-state index in [4.69, 9.17) is 0 Å². The maximum absolute atomic E-state index is 3.55. The van der Waals surface area contributed by atoms with Gasteiger partial charge < -0.3 is 4.90 Å². The summed E-state index contributed by atoms with van der Waals surface area (Å²) in [7, 11) is 0. The van der Waals surface area contributed by atoms with E-state index in [0.717, 1.165) is 10.2 Å². The molecule has 0 saturated heterocycles. The van der Waals surface area contributed by atoms with Crippen LogP contribution in [0.25, 0.3) is 33.4 Å². The third kappa shape index (κ3) is 3.16. The molecule has 6 rings (SSSR count). The zero-order valence-electron chi connectivity index (χ0n) is 17.4. The molecule has 0 atom stereocenters. The van der Waals surface area contributed by atoms with E-state index >= 15 is 0 Å². The number of nitrogens with zero attached hydrogens (tertiary/aromatic N) is 1. The van der Waals surface area contributed by atoms with Crippen molar-refractivity contribution in [3.8, 4) is 33.4 Å². The molecule has 0 aromatic heterocycles. The summed E-state index contributed by atoms with van der Waals surface area (Å²) in [6.07, 6.45) is 0. The Balaban J connectivity index is 1.67. The average molecular weight is 474 g/mol. The smallest absolute Gasteiger partial charge is 0.0540 e. The SMILES string of the molecule is Brc1ccc(-c2ccc3c(c2)-c2ccccc2-c2ccccc2N3c2ccccc2)cc1. The molecule has 0 radical (unpaired) electrons. The van der Waals surface area contributed by atoms with Gasteiger partial charge in [0, 0.05) is 21.3 Å². The van der Waals surface area contributed by atoms with Crippen molar-refractivity contribution in [2.45, 2.75) is 0 Å². The summed E-state index contributed by atoms with van der Waals surface area (Å²) in [6, 6.07) is 43.4. The molecule has 0 spiro atoms. The summed E-state index contributed by atoms with van der Waals surface area (Å²) in [5, 5.41) is 0. The molecular weight excluding hydrogens is 454 g/mol. The maximum atomic E-state index is 3.55. The minimum absolute atomic E-state index is 1.09. The van der Waals surface area contributed by atoms with E-state index in [9.17, 15) is 0 Å². The molecule has 2 heteroatoms. The minimum atomic E-state index is 1.09. The standard InChI is InChI=1S/C30H20BrN/c31-23-17-14-21(15-18-23)22-16-19-30-28(20-22)26-11-5-4-10-25(26)27-12-6-7-13-29(27)32(30)24-8-2-1-3-9-24/h1-20H. The number of halogens is 1. The van der Waals surface area contributed by atoms with Crippen LogP contribution < -0.4 is 4.90 Å². The van der Waals surface area contributed by atoms with Crippen molar-refractivity contribution in [3.05, 3.63) is 126 Å². The highest BCUT2D eigenvalue weighted by Crippen LogP contribution is 2.51. The van der Waals surface area contributed by atoms with Gasteiger partial charge in [-0.15, -0.1) is 0 Å². The van der Waals surface area contributed by atoms with Gasteiger partial charge in [-0.05, 0) is 64.7 Å². The maximum Gasteiger partial charge on any atom is 0.0540 e. The lowest BCUT2D eigenvalue weighted by atomic mass is 9.92. The first-order chi connectivity index (χ1) is 15.8. The lowest BCUT2D eigenvalue weighted by Crippen LogP contribution is -2.10. The van der Waals surface area contributed by atoms with Crippen molar-refractivity contribution in [2.24, 2.45) is 0 Å². The summed E-state index contributed by atoms with van der Waals surface area (Å²) in [5.41, 5.74) is 11.0. The molecule has 152 valence electrons. The fraction of sp³-hybridized carbons (Fsp3) is 0. The Bertz CT molecular complexity index is 1420. The average Bonchev–Trinajstić information content (AvgIpc) is 2.98. The van der Waals surface area contributed by atoms with Crippen LogP contribution in [0.15, 0.2) is 126 Å². The van der Waals surface area contributed by atoms with Crippen LogP contribution in [-0.2, 0) is 0 Å². The molecule has 1 aliphatic heterocycles. The molecule has 0 bridgehead atoms. The largest absolute Gasteiger partial charge is 0.309 e. The zero-order valence-corrected chi connectivity index (χ0v) is 19.0. The monoisotopic (exact) mass is 473 g/mol. The number of benzene rings is 5. The Morgan fingerprint density at radius 3 is 1.75 bits per heavy atom. The van der Waals surface area contributed by atoms with Crippen molar-refractivity contribution >= 4 is 33.0 Å². The number of fused-ring (bicyclic) bond motifs is 5. The molecule has 5 aromatic rings. The molecule has 5 aromatic carbocycles. The fourth-order valence-corrected chi connectivity index (χ4v) is 4.87. The molecule has 1 heterocycles. The number of para-hydroxylation sites is 2. The number of rotatable bonds is 2. The van der Waals surface area contributed by atoms with E-state index < -0.39 is 0 Å². The van der Waals surface area contributed by atoms with Crippen molar-refractivity contribution in [1.82, 2.24) is 0 Å². The summed E-state index contributed by atoms with van der Waals surface area (Å²) in [5.74, 6) is 0. The molecule has 0 fully saturated rings. The van der Waals surface area contributed by atoms with Gasteiger partial charge >= 0.3 is 0 Å². The fourth-order valence-electron chi connectivity index (χ4n) is 4.60. The Hall–Kier alpha value is -3.62. The van der Waals surface area contributed by atoms with Crippen molar-refractivity contribution in [2.75, 3.05) is 4.90 Å². The van der Waals surface area contributed by atoms with Crippen LogP contribution in [0, 0.1) is 0 Å². The predicted molar refractivity (Wildman–Crippen MR) is 139 cm³/mol. The van der Waals surface area contributed by atoms with Crippen molar-refractivity contribution < 1.29 is 0 Å². The minimum Gasteiger partial charge on any atom is -0.309 e. The normalized spacial score (nSPS) is 11.8. The summed E-state index contributed by atoms with van der Waals surface area (Å²) < 4.78 is 1.09. The van der Waals surface area contributed by atoms with E-state index in [1.807, 2.05) is 0 Å². The van der Waals surface area contributed by atoms with Gasteiger partial charge in [-0.25, -0.2) is 0 Å². The van der Waals surface area contributed by atoms with E-state index in [2.05, 4.69) is 142 Å². The van der Waals surface area contributed by atoms with Gasteiger partial charge in [0.25, 0.3) is 0 Å². The highest BCUT2D eigenvalue weighted by molar-refractivity contribution is 9.10. The number of hydrogen-bond acceptors (Lipinski definition) is 1. The van der Waals surface area contributed by atoms with Gasteiger partial charge in [-0.1, -0.05) is 94.8 Å². The van der Waals surface area contributed by atoms with Crippen LogP contribution in [0.3, 0.4) is 0 Å². The first-order valence-electron chi connectivity index (χ1n) is 10.7. The number of hydrogen-bond donors (Lipinski definition) is 0. The second-order valence-corrected chi connectivity index (χ2v) is 8.89. The van der Waals surface area contributed by atoms with Crippen LogP contribution in [0.5, 0.6) is 0 Å². The highest BCUT2D eigenvalue weighted by atomic mass is 79.9. The Labute approximate surface area is 196 Å². The molecular formula is C30H20BrN. The van der Waals surface area contributed by atoms with Gasteiger partial charge in [0.1, 0.15) is 0 Å². The summed E-state index contributed by atoms with van der Waals surface area (Å²) >= 11 is 3.55. The highest BCUT2D eigenvalue weighted by Gasteiger charge is 2.25. The third-order valence-electron chi connectivity index (χ3n) is 6.08. The second-order valence-electron chi connectivity index (χ2n) is 7.97. The zero-order chi connectivity index (χ0) is 21.5. The molecule has 0 amide bonds. The van der Waals surface area contributed by atoms with E-state index in [1.165, 1.54) is 44.8 Å². The molecule has 1 aliphatic rings. The molecule has 0 N–H and O–H groups in total. The van der Waals surface area contributed by atoms with E-state index in [1.54, 1.807) is 0 Å². The van der Waals surface area contributed by atoms with E-state index in [0.29, 0.717) is 0 Å². The first kappa shape index (κ1) is 19.1. The Kier molecular flexibility index (Phi) is 4.66. The second kappa shape index (κ2) is 7.81. The van der Waals surface area contributed by atoms with Gasteiger partial charge in [0.15, 0.2) is 0 Å². The van der Waals surface area contributed by atoms with E-state index in [-0.39, 0.29) is 0 Å². The lowest BCUT2D eigenvalue weighted by Gasteiger charge is -2.27. The van der Waals surface area contributed by atoms with Crippen molar-refractivity contribution in [1.29, 1.82) is 0 Å². The number of anilines is 3. The van der Waals surface area contributed by atoms with Gasteiger partial charge in [0.05, 0.1) is 11.4 Å². The van der Waals surface area contributed by atoms with Crippen LogP contribution >= 0.6 is 15.9 Å². The van der Waals surface area contributed by atoms with Gasteiger partial charge in [-0.2, -0.15) is 0 Å². The van der Waals surface area contributed by atoms with Crippen molar-refractivity contribution in [3.63, 3.8) is 0 Å². The Morgan fingerprint density at radius 1 is 0.438 bits per heavy atom. The molecule has 0 saturated carbocycles. The molecule has 0 unspecified atom stereocenters. The molecule has 0 aliphatic carbocycles. The van der Waals surface area contributed by atoms with Crippen LogP contribution in [-0.4, -0.2) is 0 Å². The summed E-state index contributed by atoms with van der Waals surface area (Å²) in [4.78, 5) is 2.38. The molecule has 32 heavy (non-hydrogen) atoms. The van der Waals surface area contributed by atoms with Crippen LogP contribution in [0.4, 0.5) is 17.1 Å². The lowest BCUT2D eigenvalue weighted by molar-refractivity contribution is 1.29. The Morgan fingerprint density at radius 2 is 1.00 bits per heavy atom. The van der Waals surface area contributed by atoms with Crippen LogP contribution in [0.1, 0.15) is 0 Å².